The minimum Gasteiger partial charge on any atom is -0.198 e. The zero-order valence-corrected chi connectivity index (χ0v) is 3.89. The minimum atomic E-state index is -2.96. The standard InChI is InChI=1S/C2H2F4S/c3-1(4)7-2(5)6/h1-2H. The van der Waals surface area contributed by atoms with Crippen molar-refractivity contribution in [3.8, 4) is 0 Å². The van der Waals surface area contributed by atoms with Gasteiger partial charge in [0.15, 0.2) is 0 Å². The molecule has 0 bridgehead atoms. The lowest BCUT2D eigenvalue weighted by Crippen LogP contribution is -1.87. The van der Waals surface area contributed by atoms with E-state index in [0.717, 1.165) is 0 Å². The van der Waals surface area contributed by atoms with Crippen LogP contribution < -0.4 is 0 Å². The normalized spacial score (nSPS) is 11.1. The molecule has 44 valence electrons. The van der Waals surface area contributed by atoms with Gasteiger partial charge in [0.05, 0.1) is 0 Å². The van der Waals surface area contributed by atoms with Gasteiger partial charge in [0.1, 0.15) is 0 Å². The van der Waals surface area contributed by atoms with E-state index in [9.17, 15) is 17.6 Å². The second kappa shape index (κ2) is 3.12. The molecule has 0 fully saturated rings. The Balaban J connectivity index is 2.95. The fourth-order valence-electron chi connectivity index (χ4n) is 0.0778. The van der Waals surface area contributed by atoms with Gasteiger partial charge in [-0.25, -0.2) is 0 Å². The van der Waals surface area contributed by atoms with E-state index in [1.165, 1.54) is 0 Å². The van der Waals surface area contributed by atoms with Gasteiger partial charge in [-0.05, 0) is 11.8 Å². The quantitative estimate of drug-likeness (QED) is 0.521. The molecule has 0 nitrogen and oxygen atoms in total. The molecule has 0 aromatic heterocycles. The van der Waals surface area contributed by atoms with E-state index < -0.39 is 23.3 Å². The summed E-state index contributed by atoms with van der Waals surface area (Å²) in [4.78, 5) is 0. The third kappa shape index (κ3) is 6.07. The highest BCUT2D eigenvalue weighted by Gasteiger charge is 2.10. The first-order valence-corrected chi connectivity index (χ1v) is 2.29. The van der Waals surface area contributed by atoms with Crippen LogP contribution in [0.2, 0.25) is 0 Å². The van der Waals surface area contributed by atoms with Gasteiger partial charge in [-0.2, -0.15) is 17.6 Å². The predicted molar refractivity (Wildman–Crippen MR) is 19.6 cm³/mol. The molecule has 0 N–H and O–H groups in total. The Morgan fingerprint density at radius 2 is 1.14 bits per heavy atom. The van der Waals surface area contributed by atoms with Crippen LogP contribution >= 0.6 is 11.8 Å². The lowest BCUT2D eigenvalue weighted by molar-refractivity contribution is 0.218. The molecular weight excluding hydrogens is 132 g/mol. The zero-order valence-electron chi connectivity index (χ0n) is 3.07. The first kappa shape index (κ1) is 7.07. The Morgan fingerprint density at radius 1 is 0.857 bits per heavy atom. The number of alkyl halides is 4. The summed E-state index contributed by atoms with van der Waals surface area (Å²) in [6, 6.07) is 0. The summed E-state index contributed by atoms with van der Waals surface area (Å²) in [5.41, 5.74) is 0. The van der Waals surface area contributed by atoms with E-state index in [-0.39, 0.29) is 0 Å². The Bertz CT molecular complexity index is 39.0. The highest BCUT2D eigenvalue weighted by atomic mass is 32.2. The van der Waals surface area contributed by atoms with E-state index >= 15 is 0 Å². The van der Waals surface area contributed by atoms with Crippen LogP contribution in [0.5, 0.6) is 0 Å². The summed E-state index contributed by atoms with van der Waals surface area (Å²) in [5, 5.41) is 0. The maximum absolute atomic E-state index is 10.8. The van der Waals surface area contributed by atoms with E-state index in [2.05, 4.69) is 0 Å². The smallest absolute Gasteiger partial charge is 0.198 e. The summed E-state index contributed by atoms with van der Waals surface area (Å²) in [7, 11) is 0. The van der Waals surface area contributed by atoms with Gasteiger partial charge in [0.25, 0.3) is 11.5 Å². The third-order valence-corrected chi connectivity index (χ3v) is 0.617. The lowest BCUT2D eigenvalue weighted by Gasteiger charge is -1.92. The summed E-state index contributed by atoms with van der Waals surface area (Å²) < 4.78 is 43.1. The van der Waals surface area contributed by atoms with Crippen LogP contribution in [0.25, 0.3) is 0 Å². The maximum atomic E-state index is 10.8. The molecule has 0 radical (unpaired) electrons. The molecule has 0 aromatic rings. The SMILES string of the molecule is FC(F)SC(F)F. The van der Waals surface area contributed by atoms with Crippen LogP contribution in [0.3, 0.4) is 0 Å². The van der Waals surface area contributed by atoms with Crippen molar-refractivity contribution in [2.75, 3.05) is 0 Å². The molecule has 0 rings (SSSR count). The predicted octanol–water partition coefficient (Wildman–Crippen LogP) is 2.16. The van der Waals surface area contributed by atoms with Gasteiger partial charge in [-0.15, -0.1) is 0 Å². The van der Waals surface area contributed by atoms with Crippen LogP contribution in [-0.4, -0.2) is 11.5 Å². The van der Waals surface area contributed by atoms with Crippen molar-refractivity contribution in [1.82, 2.24) is 0 Å². The van der Waals surface area contributed by atoms with Gasteiger partial charge >= 0.3 is 0 Å². The van der Waals surface area contributed by atoms with Crippen molar-refractivity contribution in [3.63, 3.8) is 0 Å². The van der Waals surface area contributed by atoms with Gasteiger partial charge in [-0.1, -0.05) is 0 Å². The van der Waals surface area contributed by atoms with E-state index in [1.807, 2.05) is 0 Å². The van der Waals surface area contributed by atoms with Gasteiger partial charge in [0, 0.05) is 0 Å². The largest absolute Gasteiger partial charge is 0.289 e. The molecule has 0 aliphatic heterocycles. The average Bonchev–Trinajstić information content (AvgIpc) is 1.27. The van der Waals surface area contributed by atoms with Crippen molar-refractivity contribution in [2.45, 2.75) is 11.5 Å². The first-order chi connectivity index (χ1) is 3.13. The summed E-state index contributed by atoms with van der Waals surface area (Å²) >= 11 is -0.657. The molecule has 5 heteroatoms. The summed E-state index contributed by atoms with van der Waals surface area (Å²) in [5.74, 6) is -5.92. The van der Waals surface area contributed by atoms with Crippen molar-refractivity contribution in [2.24, 2.45) is 0 Å². The topological polar surface area (TPSA) is 0 Å². The van der Waals surface area contributed by atoms with Crippen molar-refractivity contribution in [1.29, 1.82) is 0 Å². The van der Waals surface area contributed by atoms with Crippen molar-refractivity contribution in [3.05, 3.63) is 0 Å². The molecule has 0 saturated carbocycles. The highest BCUT2D eigenvalue weighted by Crippen LogP contribution is 2.21. The molecule has 0 amide bonds. The highest BCUT2D eigenvalue weighted by molar-refractivity contribution is 7.99. The fourth-order valence-corrected chi connectivity index (χ4v) is 0.233. The molecule has 0 aliphatic carbocycles. The molecule has 7 heavy (non-hydrogen) atoms. The Labute approximate surface area is 41.9 Å². The van der Waals surface area contributed by atoms with Crippen molar-refractivity contribution >= 4 is 11.8 Å². The third-order valence-electron chi connectivity index (χ3n) is 0.206. The Hall–Kier alpha value is 0.0700. The zero-order chi connectivity index (χ0) is 5.86. The van der Waals surface area contributed by atoms with E-state index in [4.69, 9.17) is 0 Å². The van der Waals surface area contributed by atoms with Gasteiger partial charge < -0.3 is 0 Å². The van der Waals surface area contributed by atoms with Gasteiger partial charge in [-0.3, -0.25) is 0 Å². The summed E-state index contributed by atoms with van der Waals surface area (Å²) in [6.07, 6.45) is 0. The molecule has 0 heterocycles. The molecule has 0 aliphatic rings. The van der Waals surface area contributed by atoms with Crippen LogP contribution in [-0.2, 0) is 0 Å². The fraction of sp³-hybridized carbons (Fsp3) is 1.00. The minimum absolute atomic E-state index is 0.657. The number of rotatable bonds is 2. The van der Waals surface area contributed by atoms with Crippen LogP contribution in [0.15, 0.2) is 0 Å². The van der Waals surface area contributed by atoms with Crippen molar-refractivity contribution < 1.29 is 17.6 Å². The number of thioether (sulfide) groups is 1. The molecule has 0 spiro atoms. The average molecular weight is 134 g/mol. The number of hydrogen-bond donors (Lipinski definition) is 0. The second-order valence-electron chi connectivity index (χ2n) is 0.657. The molecule has 0 atom stereocenters. The van der Waals surface area contributed by atoms with E-state index in [0.29, 0.717) is 0 Å². The van der Waals surface area contributed by atoms with Crippen LogP contribution in [0.4, 0.5) is 17.6 Å². The lowest BCUT2D eigenvalue weighted by atomic mass is 11.6. The molecular formula is C2H2F4S. The number of hydrogen-bond acceptors (Lipinski definition) is 1. The molecule has 0 saturated heterocycles. The maximum Gasteiger partial charge on any atom is 0.289 e. The second-order valence-corrected chi connectivity index (χ2v) is 1.64. The number of halogens is 4. The summed E-state index contributed by atoms with van der Waals surface area (Å²) in [6.45, 7) is 0. The van der Waals surface area contributed by atoms with Gasteiger partial charge in [0.2, 0.25) is 0 Å². The molecule has 0 aromatic carbocycles. The monoisotopic (exact) mass is 134 g/mol. The van der Waals surface area contributed by atoms with Crippen LogP contribution in [0, 0.1) is 0 Å². The van der Waals surface area contributed by atoms with Crippen LogP contribution in [0.1, 0.15) is 0 Å². The Kier molecular flexibility index (Phi) is 3.15. The first-order valence-electron chi connectivity index (χ1n) is 1.34. The van der Waals surface area contributed by atoms with E-state index in [1.54, 1.807) is 0 Å². The Morgan fingerprint density at radius 3 is 1.14 bits per heavy atom. The molecule has 0 unspecified atom stereocenters.